The molecule has 10 nitrogen and oxygen atoms in total. The van der Waals surface area contributed by atoms with Gasteiger partial charge in [0.05, 0.1) is 11.6 Å². The van der Waals surface area contributed by atoms with Crippen molar-refractivity contribution >= 4 is 44.0 Å². The number of hydrogen-bond donors (Lipinski definition) is 1. The molecule has 1 amide bonds. The Kier molecular flexibility index (Phi) is 5.51. The average molecular weight is 429 g/mol. The Balaban J connectivity index is 1.77. The first kappa shape index (κ1) is 19.4. The van der Waals surface area contributed by atoms with E-state index in [-0.39, 0.29) is 33.6 Å². The minimum atomic E-state index is -3.94. The number of rotatable bonds is 6. The molecule has 13 heteroatoms. The van der Waals surface area contributed by atoms with Gasteiger partial charge in [0.2, 0.25) is 27.1 Å². The number of sulfonamides is 1. The molecule has 3 aromatic rings. The molecule has 3 rings (SSSR count). The maximum absolute atomic E-state index is 12.6. The van der Waals surface area contributed by atoms with Gasteiger partial charge in [0, 0.05) is 19.5 Å². The number of aromatic nitrogens is 4. The maximum Gasteiger partial charge on any atom is 0.272 e. The predicted molar refractivity (Wildman–Crippen MR) is 97.6 cm³/mol. The molecule has 0 aliphatic rings. The van der Waals surface area contributed by atoms with Gasteiger partial charge in [-0.25, -0.2) is 8.42 Å². The molecular formula is C14H13ClN6O4S2. The second-order valence-corrected chi connectivity index (χ2v) is 8.91. The van der Waals surface area contributed by atoms with Crippen LogP contribution in [0.2, 0.25) is 5.02 Å². The number of benzene rings is 1. The van der Waals surface area contributed by atoms with Crippen molar-refractivity contribution in [2.45, 2.75) is 17.8 Å². The number of nitrogens with zero attached hydrogens (tertiary/aromatic N) is 5. The van der Waals surface area contributed by atoms with Crippen LogP contribution in [-0.4, -0.2) is 46.0 Å². The second-order valence-electron chi connectivity index (χ2n) is 5.31. The molecule has 2 aromatic heterocycles. The lowest BCUT2D eigenvalue weighted by molar-refractivity contribution is -0.114. The molecule has 2 heterocycles. The lowest BCUT2D eigenvalue weighted by Crippen LogP contribution is -2.26. The summed E-state index contributed by atoms with van der Waals surface area (Å²) in [5.74, 6) is -0.0331. The lowest BCUT2D eigenvalue weighted by atomic mass is 10.2. The van der Waals surface area contributed by atoms with E-state index >= 15 is 0 Å². The first-order valence-electron chi connectivity index (χ1n) is 7.42. The average Bonchev–Trinajstić information content (AvgIpc) is 3.24. The first-order valence-corrected chi connectivity index (χ1v) is 10.1. The van der Waals surface area contributed by atoms with Crippen LogP contribution in [0.3, 0.4) is 0 Å². The van der Waals surface area contributed by atoms with E-state index in [0.717, 1.165) is 15.6 Å². The van der Waals surface area contributed by atoms with E-state index in [0.29, 0.717) is 10.6 Å². The fraction of sp³-hybridized carbons (Fsp3) is 0.214. The van der Waals surface area contributed by atoms with Gasteiger partial charge in [0.1, 0.15) is 0 Å². The van der Waals surface area contributed by atoms with Crippen LogP contribution in [-0.2, 0) is 21.4 Å². The fourth-order valence-corrected chi connectivity index (χ4v) is 4.47. The van der Waals surface area contributed by atoms with Crippen LogP contribution in [0.15, 0.2) is 33.1 Å². The van der Waals surface area contributed by atoms with Crippen molar-refractivity contribution in [3.8, 4) is 11.4 Å². The van der Waals surface area contributed by atoms with Crippen LogP contribution in [0.1, 0.15) is 12.8 Å². The number of carbonyl (C=O) groups excluding carboxylic acids is 1. The van der Waals surface area contributed by atoms with Crippen LogP contribution in [0.25, 0.3) is 11.4 Å². The van der Waals surface area contributed by atoms with Crippen molar-refractivity contribution in [1.82, 2.24) is 24.6 Å². The summed E-state index contributed by atoms with van der Waals surface area (Å²) < 4.78 is 31.0. The number of hydrogen-bond acceptors (Lipinski definition) is 9. The topological polar surface area (TPSA) is 131 Å². The van der Waals surface area contributed by atoms with Gasteiger partial charge in [-0.3, -0.25) is 4.79 Å². The zero-order chi connectivity index (χ0) is 19.6. The van der Waals surface area contributed by atoms with Crippen molar-refractivity contribution in [3.63, 3.8) is 0 Å². The zero-order valence-corrected chi connectivity index (χ0v) is 16.5. The summed E-state index contributed by atoms with van der Waals surface area (Å²) >= 11 is 6.84. The molecule has 0 bridgehead atoms. The summed E-state index contributed by atoms with van der Waals surface area (Å²) in [7, 11) is -2.60. The molecular weight excluding hydrogens is 416 g/mol. The molecule has 0 fully saturated rings. The van der Waals surface area contributed by atoms with Crippen LogP contribution >= 0.6 is 22.9 Å². The zero-order valence-electron chi connectivity index (χ0n) is 14.1. The second kappa shape index (κ2) is 7.68. The van der Waals surface area contributed by atoms with Crippen molar-refractivity contribution < 1.29 is 17.7 Å². The third-order valence-electron chi connectivity index (χ3n) is 3.26. The Morgan fingerprint density at radius 3 is 2.78 bits per heavy atom. The quantitative estimate of drug-likeness (QED) is 0.590. The van der Waals surface area contributed by atoms with E-state index in [1.54, 1.807) is 24.3 Å². The van der Waals surface area contributed by atoms with Gasteiger partial charge in [-0.15, -0.1) is 10.2 Å². The van der Waals surface area contributed by atoms with Gasteiger partial charge in [-0.1, -0.05) is 40.2 Å². The Bertz CT molecular complexity index is 1080. The van der Waals surface area contributed by atoms with E-state index in [4.69, 9.17) is 16.1 Å². The Morgan fingerprint density at radius 1 is 1.33 bits per heavy atom. The minimum Gasteiger partial charge on any atom is -0.338 e. The largest absolute Gasteiger partial charge is 0.338 e. The van der Waals surface area contributed by atoms with Crippen LogP contribution < -0.4 is 5.32 Å². The SMILES string of the molecule is CC(=O)Nc1nnc(S(=O)(=O)N(C)Cc2nc(-c3ccccc3Cl)no2)s1. The first-order chi connectivity index (χ1) is 12.8. The molecule has 1 aromatic carbocycles. The van der Waals surface area contributed by atoms with Crippen LogP contribution in [0.4, 0.5) is 5.13 Å². The highest BCUT2D eigenvalue weighted by molar-refractivity contribution is 7.91. The Labute approximate surface area is 163 Å². The highest BCUT2D eigenvalue weighted by atomic mass is 35.5. The standard InChI is InChI=1S/C14H13ClN6O4S2/c1-8(22)16-13-18-19-14(26-13)27(23,24)21(2)7-11-17-12(20-25-11)9-5-3-4-6-10(9)15/h3-6H,7H2,1-2H3,(H,16,18,22). The molecule has 27 heavy (non-hydrogen) atoms. The van der Waals surface area contributed by atoms with Gasteiger partial charge in [-0.2, -0.15) is 9.29 Å². The van der Waals surface area contributed by atoms with Crippen molar-refractivity contribution in [1.29, 1.82) is 0 Å². The number of nitrogens with one attached hydrogen (secondary N) is 1. The van der Waals surface area contributed by atoms with E-state index in [1.165, 1.54) is 14.0 Å². The number of anilines is 1. The number of carbonyl (C=O) groups is 1. The van der Waals surface area contributed by atoms with Crippen molar-refractivity contribution in [2.24, 2.45) is 0 Å². The number of amides is 1. The predicted octanol–water partition coefficient (Wildman–Crippen LogP) is 2.02. The van der Waals surface area contributed by atoms with Gasteiger partial charge in [0.25, 0.3) is 10.0 Å². The molecule has 0 unspecified atom stereocenters. The van der Waals surface area contributed by atoms with E-state index in [1.807, 2.05) is 0 Å². The van der Waals surface area contributed by atoms with Crippen LogP contribution in [0.5, 0.6) is 0 Å². The molecule has 0 radical (unpaired) electrons. The van der Waals surface area contributed by atoms with Gasteiger partial charge in [-0.05, 0) is 12.1 Å². The fourth-order valence-electron chi connectivity index (χ4n) is 1.99. The molecule has 0 atom stereocenters. The van der Waals surface area contributed by atoms with E-state index in [2.05, 4.69) is 25.7 Å². The third kappa shape index (κ3) is 4.30. The Morgan fingerprint density at radius 2 is 2.07 bits per heavy atom. The van der Waals surface area contributed by atoms with E-state index in [9.17, 15) is 13.2 Å². The smallest absolute Gasteiger partial charge is 0.272 e. The summed E-state index contributed by atoms with van der Waals surface area (Å²) in [6.45, 7) is 1.11. The molecule has 0 saturated heterocycles. The summed E-state index contributed by atoms with van der Waals surface area (Å²) in [4.78, 5) is 15.2. The number of halogens is 1. The van der Waals surface area contributed by atoms with Crippen LogP contribution in [0, 0.1) is 0 Å². The molecule has 0 saturated carbocycles. The van der Waals surface area contributed by atoms with Gasteiger partial charge in [0.15, 0.2) is 0 Å². The molecule has 142 valence electrons. The lowest BCUT2D eigenvalue weighted by Gasteiger charge is -2.11. The third-order valence-corrected chi connectivity index (χ3v) is 6.58. The molecule has 0 aliphatic carbocycles. The molecule has 0 aliphatic heterocycles. The summed E-state index contributed by atoms with van der Waals surface area (Å²) in [6, 6.07) is 6.95. The summed E-state index contributed by atoms with van der Waals surface area (Å²) in [6.07, 6.45) is 0. The normalized spacial score (nSPS) is 11.7. The maximum atomic E-state index is 12.6. The van der Waals surface area contributed by atoms with Crippen molar-refractivity contribution in [3.05, 3.63) is 35.2 Å². The Hall–Kier alpha value is -2.41. The van der Waals surface area contributed by atoms with Crippen molar-refractivity contribution in [2.75, 3.05) is 12.4 Å². The summed E-state index contributed by atoms with van der Waals surface area (Å²) in [5.41, 5.74) is 0.573. The highest BCUT2D eigenvalue weighted by Crippen LogP contribution is 2.26. The summed E-state index contributed by atoms with van der Waals surface area (Å²) in [5, 5.41) is 14.0. The monoisotopic (exact) mass is 428 g/mol. The molecule has 0 spiro atoms. The highest BCUT2D eigenvalue weighted by Gasteiger charge is 2.27. The van der Waals surface area contributed by atoms with E-state index < -0.39 is 10.0 Å². The van der Waals surface area contributed by atoms with Gasteiger partial charge >= 0.3 is 0 Å². The molecule has 1 N–H and O–H groups in total. The van der Waals surface area contributed by atoms with Gasteiger partial charge < -0.3 is 9.84 Å². The minimum absolute atomic E-state index is 0.0857.